The summed E-state index contributed by atoms with van der Waals surface area (Å²) in [5.41, 5.74) is 2.10. The summed E-state index contributed by atoms with van der Waals surface area (Å²) in [5.74, 6) is 0.411. The molecular weight excluding hydrogens is 297 g/mol. The molecule has 4 nitrogen and oxygen atoms in total. The first kappa shape index (κ1) is 18.3. The van der Waals surface area contributed by atoms with Gasteiger partial charge in [-0.2, -0.15) is 0 Å². The van der Waals surface area contributed by atoms with Gasteiger partial charge >= 0.3 is 7.60 Å². The fraction of sp³-hybridized carbons (Fsp3) is 0.294. The summed E-state index contributed by atoms with van der Waals surface area (Å²) in [6, 6.07) is 16.5. The highest BCUT2D eigenvalue weighted by atomic mass is 31.2. The second-order valence-electron chi connectivity index (χ2n) is 4.56. The van der Waals surface area contributed by atoms with Gasteiger partial charge in [-0.1, -0.05) is 49.7 Å². The van der Waals surface area contributed by atoms with Crippen LogP contribution in [0.3, 0.4) is 0 Å². The molecule has 0 heterocycles. The molecule has 0 radical (unpaired) electrons. The largest absolute Gasteiger partial charge is 0.424 e. The van der Waals surface area contributed by atoms with Gasteiger partial charge in [0.25, 0.3) is 0 Å². The predicted molar refractivity (Wildman–Crippen MR) is 92.8 cm³/mol. The quantitative estimate of drug-likeness (QED) is 0.757. The van der Waals surface area contributed by atoms with Gasteiger partial charge < -0.3 is 14.7 Å². The maximum Gasteiger partial charge on any atom is 0.378 e. The van der Waals surface area contributed by atoms with Crippen molar-refractivity contribution in [1.82, 2.24) is 0 Å². The van der Waals surface area contributed by atoms with E-state index in [2.05, 4.69) is 5.32 Å². The molecule has 0 bridgehead atoms. The maximum absolute atomic E-state index is 11.9. The third-order valence-corrected chi connectivity index (χ3v) is 4.05. The number of para-hydroxylation sites is 1. The molecule has 2 aromatic carbocycles. The van der Waals surface area contributed by atoms with E-state index in [0.29, 0.717) is 12.3 Å². The Bertz CT molecular complexity index is 585. The number of rotatable bonds is 6. The molecule has 0 aliphatic heterocycles. The van der Waals surface area contributed by atoms with E-state index in [1.165, 1.54) is 5.56 Å². The molecule has 1 unspecified atom stereocenters. The number of anilines is 1. The lowest BCUT2D eigenvalue weighted by Crippen LogP contribution is -2.09. The average Bonchev–Trinajstić information content (AvgIpc) is 2.52. The van der Waals surface area contributed by atoms with E-state index in [0.717, 1.165) is 5.69 Å². The van der Waals surface area contributed by atoms with Gasteiger partial charge in [0.2, 0.25) is 0 Å². The molecule has 2 aromatic rings. The molecular formula is C17H24NO3P. The highest BCUT2D eigenvalue weighted by Gasteiger charge is 2.20. The zero-order chi connectivity index (χ0) is 16.4. The van der Waals surface area contributed by atoms with Gasteiger partial charge in [-0.05, 0) is 31.2 Å². The van der Waals surface area contributed by atoms with Crippen LogP contribution in [0.5, 0.6) is 5.75 Å². The summed E-state index contributed by atoms with van der Waals surface area (Å²) in [5, 5.41) is 3.10. The minimum absolute atomic E-state index is 0.0514. The van der Waals surface area contributed by atoms with Crippen LogP contribution in [0.4, 0.5) is 5.69 Å². The Morgan fingerprint density at radius 1 is 1.05 bits per heavy atom. The van der Waals surface area contributed by atoms with E-state index in [-0.39, 0.29) is 6.16 Å². The van der Waals surface area contributed by atoms with Crippen molar-refractivity contribution in [2.24, 2.45) is 0 Å². The number of hydrogen-bond acceptors (Lipinski definition) is 3. The molecule has 1 atom stereocenters. The lowest BCUT2D eigenvalue weighted by molar-refractivity contribution is 0.380. The predicted octanol–water partition coefficient (Wildman–Crippen LogP) is 4.70. The number of aryl methyl sites for hydroxylation is 1. The molecule has 0 aromatic heterocycles. The monoisotopic (exact) mass is 321 g/mol. The second kappa shape index (κ2) is 9.29. The SMILES string of the molecule is CC.Cc1ccc(NCCP(=O)(O)Oc2ccccc2)cc1. The van der Waals surface area contributed by atoms with Gasteiger partial charge in [0.15, 0.2) is 0 Å². The summed E-state index contributed by atoms with van der Waals surface area (Å²) in [7, 11) is -3.62. The molecule has 2 N–H and O–H groups in total. The summed E-state index contributed by atoms with van der Waals surface area (Å²) in [6.07, 6.45) is 0.0514. The summed E-state index contributed by atoms with van der Waals surface area (Å²) in [6.45, 7) is 6.39. The Labute approximate surface area is 132 Å². The van der Waals surface area contributed by atoms with Gasteiger partial charge in [0, 0.05) is 12.2 Å². The zero-order valence-electron chi connectivity index (χ0n) is 13.3. The molecule has 0 amide bonds. The van der Waals surface area contributed by atoms with Crippen molar-refractivity contribution in [3.63, 3.8) is 0 Å². The fourth-order valence-corrected chi connectivity index (χ4v) is 2.64. The highest BCUT2D eigenvalue weighted by molar-refractivity contribution is 7.53. The van der Waals surface area contributed by atoms with E-state index in [1.54, 1.807) is 24.3 Å². The Hall–Kier alpha value is -1.77. The Balaban J connectivity index is 0.00000116. The van der Waals surface area contributed by atoms with Crippen LogP contribution in [-0.4, -0.2) is 17.6 Å². The molecule has 0 spiro atoms. The molecule has 0 saturated heterocycles. The first-order valence-electron chi connectivity index (χ1n) is 7.42. The Kier molecular flexibility index (Phi) is 7.72. The van der Waals surface area contributed by atoms with Crippen LogP contribution in [0.1, 0.15) is 19.4 Å². The van der Waals surface area contributed by atoms with Gasteiger partial charge in [0.1, 0.15) is 5.75 Å². The Morgan fingerprint density at radius 2 is 1.64 bits per heavy atom. The van der Waals surface area contributed by atoms with E-state index < -0.39 is 7.60 Å². The van der Waals surface area contributed by atoms with Crippen molar-refractivity contribution in [2.45, 2.75) is 20.8 Å². The molecule has 0 aliphatic rings. The van der Waals surface area contributed by atoms with E-state index >= 15 is 0 Å². The van der Waals surface area contributed by atoms with Gasteiger partial charge in [-0.25, -0.2) is 4.57 Å². The standard InChI is InChI=1S/C15H18NO3P.C2H6/c1-13-7-9-14(10-8-13)16-11-12-20(17,18)19-15-5-3-2-4-6-15;1-2/h2-10,16H,11-12H2,1H3,(H,17,18);1-2H3. The van der Waals surface area contributed by atoms with Crippen LogP contribution in [0.15, 0.2) is 54.6 Å². The van der Waals surface area contributed by atoms with E-state index in [1.807, 2.05) is 51.1 Å². The summed E-state index contributed by atoms with van der Waals surface area (Å²) in [4.78, 5) is 9.78. The van der Waals surface area contributed by atoms with Gasteiger partial charge in [0.05, 0.1) is 6.16 Å². The van der Waals surface area contributed by atoms with Gasteiger partial charge in [-0.3, -0.25) is 0 Å². The van der Waals surface area contributed by atoms with Crippen molar-refractivity contribution in [2.75, 3.05) is 18.0 Å². The van der Waals surface area contributed by atoms with E-state index in [4.69, 9.17) is 4.52 Å². The molecule has 0 fully saturated rings. The molecule has 120 valence electrons. The summed E-state index contributed by atoms with van der Waals surface area (Å²) >= 11 is 0. The molecule has 0 saturated carbocycles. The second-order valence-corrected chi connectivity index (χ2v) is 6.46. The zero-order valence-corrected chi connectivity index (χ0v) is 14.2. The van der Waals surface area contributed by atoms with Crippen LogP contribution in [0.2, 0.25) is 0 Å². The maximum atomic E-state index is 11.9. The van der Waals surface area contributed by atoms with Crippen LogP contribution in [-0.2, 0) is 4.57 Å². The number of hydrogen-bond donors (Lipinski definition) is 2. The Morgan fingerprint density at radius 3 is 2.23 bits per heavy atom. The van der Waals surface area contributed by atoms with Crippen molar-refractivity contribution in [3.05, 3.63) is 60.2 Å². The van der Waals surface area contributed by atoms with Crippen molar-refractivity contribution in [1.29, 1.82) is 0 Å². The van der Waals surface area contributed by atoms with Crippen LogP contribution in [0.25, 0.3) is 0 Å². The topological polar surface area (TPSA) is 58.6 Å². The van der Waals surface area contributed by atoms with Crippen LogP contribution in [0, 0.1) is 6.92 Å². The lowest BCUT2D eigenvalue weighted by atomic mass is 10.2. The lowest BCUT2D eigenvalue weighted by Gasteiger charge is -2.14. The molecule has 22 heavy (non-hydrogen) atoms. The molecule has 5 heteroatoms. The minimum atomic E-state index is -3.62. The fourth-order valence-electron chi connectivity index (χ4n) is 1.70. The van der Waals surface area contributed by atoms with Crippen LogP contribution < -0.4 is 9.84 Å². The van der Waals surface area contributed by atoms with Crippen LogP contribution >= 0.6 is 7.60 Å². The first-order valence-corrected chi connectivity index (χ1v) is 9.18. The normalized spacial score (nSPS) is 12.5. The smallest absolute Gasteiger partial charge is 0.378 e. The van der Waals surface area contributed by atoms with Crippen molar-refractivity contribution < 1.29 is 14.0 Å². The summed E-state index contributed by atoms with van der Waals surface area (Å²) < 4.78 is 17.1. The van der Waals surface area contributed by atoms with E-state index in [9.17, 15) is 9.46 Å². The number of benzene rings is 2. The third-order valence-electron chi connectivity index (χ3n) is 2.77. The first-order chi connectivity index (χ1) is 10.6. The minimum Gasteiger partial charge on any atom is -0.424 e. The average molecular weight is 321 g/mol. The third kappa shape index (κ3) is 6.79. The van der Waals surface area contributed by atoms with Crippen molar-refractivity contribution >= 4 is 13.3 Å². The number of nitrogens with one attached hydrogen (secondary N) is 1. The molecule has 2 rings (SSSR count). The van der Waals surface area contributed by atoms with Crippen molar-refractivity contribution in [3.8, 4) is 5.75 Å². The van der Waals surface area contributed by atoms with Gasteiger partial charge in [-0.15, -0.1) is 0 Å². The molecule has 0 aliphatic carbocycles. The highest BCUT2D eigenvalue weighted by Crippen LogP contribution is 2.41.